The number of nitrogens with zero attached hydrogens (tertiary/aromatic N) is 1. The summed E-state index contributed by atoms with van der Waals surface area (Å²) >= 11 is 0. The lowest BCUT2D eigenvalue weighted by Crippen LogP contribution is -2.18. The zero-order valence-corrected chi connectivity index (χ0v) is 15.1. The molecule has 0 atom stereocenters. The van der Waals surface area contributed by atoms with E-state index in [-0.39, 0.29) is 5.91 Å². The van der Waals surface area contributed by atoms with Gasteiger partial charge in [0.1, 0.15) is 11.5 Å². The Hall–Kier alpha value is -3.27. The molecule has 4 heteroatoms. The maximum Gasteiger partial charge on any atom is 0.255 e. The molecule has 1 aliphatic rings. The van der Waals surface area contributed by atoms with Gasteiger partial charge in [0.2, 0.25) is 0 Å². The van der Waals surface area contributed by atoms with E-state index in [2.05, 4.69) is 10.2 Å². The predicted molar refractivity (Wildman–Crippen MR) is 109 cm³/mol. The Morgan fingerprint density at radius 3 is 2.07 bits per heavy atom. The summed E-state index contributed by atoms with van der Waals surface area (Å²) in [5.41, 5.74) is 2.58. The molecule has 0 bridgehead atoms. The van der Waals surface area contributed by atoms with E-state index in [9.17, 15) is 4.79 Å². The summed E-state index contributed by atoms with van der Waals surface area (Å²) in [5, 5.41) is 2.93. The molecule has 27 heavy (non-hydrogen) atoms. The van der Waals surface area contributed by atoms with Crippen LogP contribution in [0.4, 0.5) is 11.4 Å². The lowest BCUT2D eigenvalue weighted by atomic mass is 10.1. The molecule has 0 aromatic heterocycles. The van der Waals surface area contributed by atoms with E-state index >= 15 is 0 Å². The molecular weight excluding hydrogens is 336 g/mol. The zero-order valence-electron chi connectivity index (χ0n) is 15.1. The highest BCUT2D eigenvalue weighted by Crippen LogP contribution is 2.24. The topological polar surface area (TPSA) is 41.6 Å². The third-order valence-electron chi connectivity index (χ3n) is 4.69. The van der Waals surface area contributed by atoms with Crippen molar-refractivity contribution in [2.75, 3.05) is 23.3 Å². The van der Waals surface area contributed by atoms with E-state index in [1.807, 2.05) is 78.9 Å². The van der Waals surface area contributed by atoms with E-state index in [1.54, 1.807) is 0 Å². The highest BCUT2D eigenvalue weighted by Gasteiger charge is 2.13. The first-order valence-corrected chi connectivity index (χ1v) is 9.27. The number of ether oxygens (including phenoxy) is 1. The second-order valence-electron chi connectivity index (χ2n) is 6.63. The molecule has 136 valence electrons. The number of hydrogen-bond acceptors (Lipinski definition) is 3. The van der Waals surface area contributed by atoms with Gasteiger partial charge in [0, 0.05) is 30.0 Å². The summed E-state index contributed by atoms with van der Waals surface area (Å²) in [4.78, 5) is 14.8. The van der Waals surface area contributed by atoms with Gasteiger partial charge in [-0.25, -0.2) is 0 Å². The van der Waals surface area contributed by atoms with Crippen molar-refractivity contribution in [1.29, 1.82) is 0 Å². The van der Waals surface area contributed by atoms with Gasteiger partial charge in [-0.15, -0.1) is 0 Å². The van der Waals surface area contributed by atoms with E-state index in [4.69, 9.17) is 4.74 Å². The molecule has 0 spiro atoms. The number of hydrogen-bond donors (Lipinski definition) is 1. The van der Waals surface area contributed by atoms with E-state index < -0.39 is 0 Å². The van der Waals surface area contributed by atoms with Crippen molar-refractivity contribution in [1.82, 2.24) is 0 Å². The summed E-state index contributed by atoms with van der Waals surface area (Å²) in [5.74, 6) is 1.40. The molecule has 1 fully saturated rings. The minimum atomic E-state index is -0.111. The molecule has 1 amide bonds. The molecule has 1 heterocycles. The Morgan fingerprint density at radius 1 is 0.778 bits per heavy atom. The van der Waals surface area contributed by atoms with Crippen LogP contribution in [0.25, 0.3) is 0 Å². The second-order valence-corrected chi connectivity index (χ2v) is 6.63. The molecule has 0 radical (unpaired) electrons. The van der Waals surface area contributed by atoms with Crippen molar-refractivity contribution in [3.05, 3.63) is 84.4 Å². The third-order valence-corrected chi connectivity index (χ3v) is 4.69. The standard InChI is InChI=1S/C23H22N2O2/c26-23(18-8-12-20(13-9-18)25-16-4-5-17-25)24-19-10-14-22(15-11-19)27-21-6-2-1-3-7-21/h1-3,6-15H,4-5,16-17H2,(H,24,26). The lowest BCUT2D eigenvalue weighted by molar-refractivity contribution is 0.102. The van der Waals surface area contributed by atoms with Crippen molar-refractivity contribution in [2.45, 2.75) is 12.8 Å². The van der Waals surface area contributed by atoms with Gasteiger partial charge in [0.25, 0.3) is 5.91 Å². The van der Waals surface area contributed by atoms with E-state index in [0.29, 0.717) is 5.56 Å². The molecule has 1 saturated heterocycles. The smallest absolute Gasteiger partial charge is 0.255 e. The van der Waals surface area contributed by atoms with Crippen LogP contribution >= 0.6 is 0 Å². The SMILES string of the molecule is O=C(Nc1ccc(Oc2ccccc2)cc1)c1ccc(N2CCCC2)cc1. The minimum Gasteiger partial charge on any atom is -0.457 e. The first-order valence-electron chi connectivity index (χ1n) is 9.27. The van der Waals surface area contributed by atoms with Gasteiger partial charge in [0.05, 0.1) is 0 Å². The summed E-state index contributed by atoms with van der Waals surface area (Å²) < 4.78 is 5.77. The van der Waals surface area contributed by atoms with Crippen LogP contribution < -0.4 is 15.0 Å². The molecule has 0 aliphatic carbocycles. The van der Waals surface area contributed by atoms with Gasteiger partial charge in [-0.2, -0.15) is 0 Å². The fourth-order valence-electron chi connectivity index (χ4n) is 3.23. The van der Waals surface area contributed by atoms with E-state index in [0.717, 1.165) is 30.3 Å². The number of nitrogens with one attached hydrogen (secondary N) is 1. The highest BCUT2D eigenvalue weighted by atomic mass is 16.5. The molecule has 4 rings (SSSR count). The second kappa shape index (κ2) is 7.96. The third kappa shape index (κ3) is 4.29. The quantitative estimate of drug-likeness (QED) is 0.670. The van der Waals surface area contributed by atoms with Crippen molar-refractivity contribution < 1.29 is 9.53 Å². The maximum absolute atomic E-state index is 12.5. The molecule has 1 N–H and O–H groups in total. The number of anilines is 2. The predicted octanol–water partition coefficient (Wildman–Crippen LogP) is 5.33. The number of amides is 1. The van der Waals surface area contributed by atoms with Crippen LogP contribution in [-0.2, 0) is 0 Å². The van der Waals surface area contributed by atoms with Crippen LogP contribution in [0, 0.1) is 0 Å². The van der Waals surface area contributed by atoms with Gasteiger partial charge in [-0.1, -0.05) is 18.2 Å². The van der Waals surface area contributed by atoms with Gasteiger partial charge in [-0.05, 0) is 73.5 Å². The first kappa shape index (κ1) is 17.2. The highest BCUT2D eigenvalue weighted by molar-refractivity contribution is 6.04. The Balaban J connectivity index is 1.37. The molecule has 3 aromatic rings. The van der Waals surface area contributed by atoms with Gasteiger partial charge in [0.15, 0.2) is 0 Å². The first-order chi connectivity index (χ1) is 13.3. The maximum atomic E-state index is 12.5. The number of rotatable bonds is 5. The Morgan fingerprint density at radius 2 is 1.41 bits per heavy atom. The van der Waals surface area contributed by atoms with Crippen molar-refractivity contribution in [3.63, 3.8) is 0 Å². The Kier molecular flexibility index (Phi) is 5.06. The van der Waals surface area contributed by atoms with Crippen LogP contribution in [-0.4, -0.2) is 19.0 Å². The van der Waals surface area contributed by atoms with Crippen LogP contribution in [0.1, 0.15) is 23.2 Å². The lowest BCUT2D eigenvalue weighted by Gasteiger charge is -2.17. The number of carbonyl (C=O) groups excluding carboxylic acids is 1. The number of carbonyl (C=O) groups is 1. The summed E-state index contributed by atoms with van der Waals surface area (Å²) in [6.45, 7) is 2.20. The molecule has 0 saturated carbocycles. The van der Waals surface area contributed by atoms with E-state index in [1.165, 1.54) is 18.5 Å². The fourth-order valence-corrected chi connectivity index (χ4v) is 3.23. The average molecular weight is 358 g/mol. The summed E-state index contributed by atoms with van der Waals surface area (Å²) in [6.07, 6.45) is 2.48. The fraction of sp³-hybridized carbons (Fsp3) is 0.174. The van der Waals surface area contributed by atoms with Crippen LogP contribution in [0.2, 0.25) is 0 Å². The largest absolute Gasteiger partial charge is 0.457 e. The van der Waals surface area contributed by atoms with Gasteiger partial charge >= 0.3 is 0 Å². The Bertz CT molecular complexity index is 884. The van der Waals surface area contributed by atoms with Crippen molar-refractivity contribution in [3.8, 4) is 11.5 Å². The van der Waals surface area contributed by atoms with Crippen LogP contribution in [0.5, 0.6) is 11.5 Å². The average Bonchev–Trinajstić information content (AvgIpc) is 3.25. The monoisotopic (exact) mass is 358 g/mol. The van der Waals surface area contributed by atoms with Gasteiger partial charge in [-0.3, -0.25) is 4.79 Å². The van der Waals surface area contributed by atoms with Gasteiger partial charge < -0.3 is 15.0 Å². The molecule has 0 unspecified atom stereocenters. The van der Waals surface area contributed by atoms with Crippen molar-refractivity contribution in [2.24, 2.45) is 0 Å². The number of para-hydroxylation sites is 1. The van der Waals surface area contributed by atoms with Crippen molar-refractivity contribution >= 4 is 17.3 Å². The summed E-state index contributed by atoms with van der Waals surface area (Å²) in [7, 11) is 0. The Labute approximate surface area is 159 Å². The molecule has 1 aliphatic heterocycles. The van der Waals surface area contributed by atoms with Crippen LogP contribution in [0.15, 0.2) is 78.9 Å². The summed E-state index contributed by atoms with van der Waals surface area (Å²) in [6, 6.07) is 24.8. The zero-order chi connectivity index (χ0) is 18.5. The molecule has 3 aromatic carbocycles. The number of benzene rings is 3. The normalized spacial score (nSPS) is 13.4. The molecule has 4 nitrogen and oxygen atoms in total. The van der Waals surface area contributed by atoms with Crippen LogP contribution in [0.3, 0.4) is 0 Å². The molecular formula is C23H22N2O2. The minimum absolute atomic E-state index is 0.111.